The zero-order valence-electron chi connectivity index (χ0n) is 20.9. The van der Waals surface area contributed by atoms with Crippen LogP contribution in [0.3, 0.4) is 0 Å². The Kier molecular flexibility index (Phi) is 8.31. The Bertz CT molecular complexity index is 1540. The Hall–Kier alpha value is -3.84. The minimum absolute atomic E-state index is 0.0198. The Morgan fingerprint density at radius 3 is 2.54 bits per heavy atom. The molecular formula is C26H24BrF3N6O3. The van der Waals surface area contributed by atoms with Crippen molar-refractivity contribution in [2.24, 2.45) is 0 Å². The molecule has 0 unspecified atom stereocenters. The second-order valence-corrected chi connectivity index (χ2v) is 9.66. The molecule has 3 N–H and O–H groups in total. The van der Waals surface area contributed by atoms with E-state index in [-0.39, 0.29) is 35.5 Å². The molecule has 3 aromatic heterocycles. The van der Waals surface area contributed by atoms with Crippen LogP contribution >= 0.6 is 15.9 Å². The van der Waals surface area contributed by atoms with E-state index in [0.717, 1.165) is 6.07 Å². The van der Waals surface area contributed by atoms with Crippen LogP contribution < -0.4 is 10.6 Å². The quantitative estimate of drug-likeness (QED) is 0.252. The summed E-state index contributed by atoms with van der Waals surface area (Å²) in [6, 6.07) is 8.55. The number of nitrogens with zero attached hydrogens (tertiary/aromatic N) is 4. The number of amides is 2. The van der Waals surface area contributed by atoms with E-state index >= 15 is 0 Å². The number of halogens is 4. The van der Waals surface area contributed by atoms with Gasteiger partial charge < -0.3 is 15.7 Å². The molecule has 0 bridgehead atoms. The Balaban J connectivity index is 1.57. The van der Waals surface area contributed by atoms with Crippen molar-refractivity contribution in [2.75, 3.05) is 18.5 Å². The van der Waals surface area contributed by atoms with E-state index in [9.17, 15) is 22.8 Å². The van der Waals surface area contributed by atoms with Crippen LogP contribution in [-0.4, -0.2) is 49.8 Å². The second-order valence-electron chi connectivity index (χ2n) is 8.74. The van der Waals surface area contributed by atoms with Crippen LogP contribution in [0.15, 0.2) is 47.1 Å². The number of aliphatic hydroxyl groups is 1. The van der Waals surface area contributed by atoms with Crippen molar-refractivity contribution >= 4 is 44.3 Å². The third-order valence-corrected chi connectivity index (χ3v) is 6.44. The molecule has 2 amide bonds. The maximum atomic E-state index is 13.5. The summed E-state index contributed by atoms with van der Waals surface area (Å²) < 4.78 is 42.7. The number of aliphatic hydroxyl groups excluding tert-OH is 1. The van der Waals surface area contributed by atoms with Crippen LogP contribution in [0.5, 0.6) is 0 Å². The van der Waals surface area contributed by atoms with Gasteiger partial charge in [-0.1, -0.05) is 15.9 Å². The van der Waals surface area contributed by atoms with E-state index < -0.39 is 17.8 Å². The van der Waals surface area contributed by atoms with Crippen LogP contribution in [0.4, 0.5) is 18.9 Å². The second kappa shape index (κ2) is 11.5. The van der Waals surface area contributed by atoms with Crippen molar-refractivity contribution in [3.05, 3.63) is 81.0 Å². The Labute approximate surface area is 229 Å². The zero-order valence-corrected chi connectivity index (χ0v) is 22.5. The van der Waals surface area contributed by atoms with Gasteiger partial charge in [0.05, 0.1) is 46.0 Å². The highest BCUT2D eigenvalue weighted by Crippen LogP contribution is 2.32. The first kappa shape index (κ1) is 28.2. The van der Waals surface area contributed by atoms with Crippen LogP contribution in [-0.2, 0) is 12.7 Å². The molecule has 0 spiro atoms. The molecule has 0 aliphatic heterocycles. The van der Waals surface area contributed by atoms with Crippen LogP contribution in [0, 0.1) is 13.8 Å². The number of fused-ring (bicyclic) bond motifs is 1. The highest BCUT2D eigenvalue weighted by atomic mass is 79.9. The number of alkyl halides is 3. The molecular weight excluding hydrogens is 581 g/mol. The predicted molar refractivity (Wildman–Crippen MR) is 141 cm³/mol. The molecule has 0 saturated carbocycles. The van der Waals surface area contributed by atoms with Gasteiger partial charge in [0.2, 0.25) is 0 Å². The lowest BCUT2D eigenvalue weighted by Gasteiger charge is -2.13. The molecule has 204 valence electrons. The lowest BCUT2D eigenvalue weighted by molar-refractivity contribution is -0.141. The highest BCUT2D eigenvalue weighted by Gasteiger charge is 2.34. The molecule has 0 fully saturated rings. The van der Waals surface area contributed by atoms with Gasteiger partial charge in [0.1, 0.15) is 5.69 Å². The number of hydrogen-bond acceptors (Lipinski definition) is 6. The molecule has 9 nitrogen and oxygen atoms in total. The minimum Gasteiger partial charge on any atom is -0.396 e. The summed E-state index contributed by atoms with van der Waals surface area (Å²) in [7, 11) is 0. The number of carbonyl (C=O) groups excluding carboxylic acids is 2. The topological polar surface area (TPSA) is 122 Å². The van der Waals surface area contributed by atoms with E-state index in [1.54, 1.807) is 42.8 Å². The summed E-state index contributed by atoms with van der Waals surface area (Å²) in [5.41, 5.74) is 1.09. The average Bonchev–Trinajstić information content (AvgIpc) is 3.15. The van der Waals surface area contributed by atoms with Crippen LogP contribution in [0.2, 0.25) is 0 Å². The molecule has 13 heteroatoms. The van der Waals surface area contributed by atoms with Crippen molar-refractivity contribution in [2.45, 2.75) is 33.0 Å². The van der Waals surface area contributed by atoms with Crippen molar-refractivity contribution < 1.29 is 27.9 Å². The van der Waals surface area contributed by atoms with Crippen LogP contribution in [0.1, 0.15) is 49.9 Å². The lowest BCUT2D eigenvalue weighted by atomic mass is 10.1. The summed E-state index contributed by atoms with van der Waals surface area (Å²) in [6.07, 6.45) is -2.84. The standard InChI is InChI=1S/C26H24BrF3N6O3/c1-14-23(15(2)36(35-14)13-18-6-4-16(12-32-18)24(38)31-8-3-9-37)34-25(39)20-11-22(26(28,29)30)33-21-7-5-17(27)10-19(20)21/h4-7,10-12,37H,3,8-9,13H2,1-2H3,(H,31,38)(H,34,39). The van der Waals surface area contributed by atoms with Gasteiger partial charge in [-0.25, -0.2) is 4.98 Å². The molecule has 4 rings (SSSR count). The van der Waals surface area contributed by atoms with Gasteiger partial charge >= 0.3 is 6.18 Å². The van der Waals surface area contributed by atoms with Gasteiger partial charge in [-0.15, -0.1) is 0 Å². The third kappa shape index (κ3) is 6.42. The number of rotatable bonds is 8. The van der Waals surface area contributed by atoms with Crippen molar-refractivity contribution in [3.63, 3.8) is 0 Å². The Morgan fingerprint density at radius 1 is 1.10 bits per heavy atom. The SMILES string of the molecule is Cc1nn(Cc2ccc(C(=O)NCCCO)cn2)c(C)c1NC(=O)c1cc(C(F)(F)F)nc2ccc(Br)cc12. The molecule has 0 aliphatic rings. The molecule has 1 aromatic carbocycles. The maximum Gasteiger partial charge on any atom is 0.433 e. The summed E-state index contributed by atoms with van der Waals surface area (Å²) in [6.45, 7) is 3.96. The molecule has 0 radical (unpaired) electrons. The minimum atomic E-state index is -4.73. The fourth-order valence-electron chi connectivity index (χ4n) is 3.93. The predicted octanol–water partition coefficient (Wildman–Crippen LogP) is 4.64. The van der Waals surface area contributed by atoms with E-state index in [1.165, 1.54) is 12.3 Å². The van der Waals surface area contributed by atoms with Crippen molar-refractivity contribution in [1.82, 2.24) is 25.1 Å². The van der Waals surface area contributed by atoms with Crippen LogP contribution in [0.25, 0.3) is 10.9 Å². The molecule has 0 saturated heterocycles. The summed E-state index contributed by atoms with van der Waals surface area (Å²) >= 11 is 3.29. The first-order valence-corrected chi connectivity index (χ1v) is 12.6. The number of carbonyl (C=O) groups is 2. The molecule has 0 aliphatic carbocycles. The van der Waals surface area contributed by atoms with Gasteiger partial charge in [-0.2, -0.15) is 18.3 Å². The van der Waals surface area contributed by atoms with E-state index in [1.807, 2.05) is 0 Å². The fourth-order valence-corrected chi connectivity index (χ4v) is 4.29. The smallest absolute Gasteiger partial charge is 0.396 e. The number of benzene rings is 1. The largest absolute Gasteiger partial charge is 0.433 e. The number of hydrogen-bond donors (Lipinski definition) is 3. The van der Waals surface area contributed by atoms with Crippen molar-refractivity contribution in [3.8, 4) is 0 Å². The van der Waals surface area contributed by atoms with Gasteiger partial charge in [0.25, 0.3) is 11.8 Å². The number of nitrogens with one attached hydrogen (secondary N) is 2. The van der Waals surface area contributed by atoms with Gasteiger partial charge in [0, 0.05) is 29.2 Å². The molecule has 0 atom stereocenters. The lowest BCUT2D eigenvalue weighted by Crippen LogP contribution is -2.25. The summed E-state index contributed by atoms with van der Waals surface area (Å²) in [5.74, 6) is -1.03. The highest BCUT2D eigenvalue weighted by molar-refractivity contribution is 9.10. The van der Waals surface area contributed by atoms with Gasteiger partial charge in [-0.3, -0.25) is 19.3 Å². The molecule has 39 heavy (non-hydrogen) atoms. The Morgan fingerprint density at radius 2 is 1.87 bits per heavy atom. The normalized spacial score (nSPS) is 11.6. The first-order chi connectivity index (χ1) is 18.5. The van der Waals surface area contributed by atoms with E-state index in [0.29, 0.717) is 45.8 Å². The van der Waals surface area contributed by atoms with Crippen molar-refractivity contribution in [1.29, 1.82) is 0 Å². The molecule has 4 aromatic rings. The number of pyridine rings is 2. The van der Waals surface area contributed by atoms with E-state index in [4.69, 9.17) is 5.11 Å². The number of aryl methyl sites for hydroxylation is 1. The zero-order chi connectivity index (χ0) is 28.3. The van der Waals surface area contributed by atoms with E-state index in [2.05, 4.69) is 41.6 Å². The van der Waals surface area contributed by atoms with Gasteiger partial charge in [0.15, 0.2) is 0 Å². The first-order valence-electron chi connectivity index (χ1n) is 11.8. The summed E-state index contributed by atoms with van der Waals surface area (Å²) in [5, 5.41) is 18.9. The molecule has 3 heterocycles. The summed E-state index contributed by atoms with van der Waals surface area (Å²) in [4.78, 5) is 33.4. The third-order valence-electron chi connectivity index (χ3n) is 5.94. The number of aromatic nitrogens is 4. The fraction of sp³-hybridized carbons (Fsp3) is 0.269. The maximum absolute atomic E-state index is 13.5. The number of anilines is 1. The average molecular weight is 605 g/mol. The monoisotopic (exact) mass is 604 g/mol. The van der Waals surface area contributed by atoms with Gasteiger partial charge in [-0.05, 0) is 56.7 Å².